The largest absolute Gasteiger partial charge is 0.393 e. The summed E-state index contributed by atoms with van der Waals surface area (Å²) in [6.45, 7) is 0. The number of ether oxygens (including phenoxy) is 1. The van der Waals surface area contributed by atoms with Gasteiger partial charge in [0.1, 0.15) is 0 Å². The predicted molar refractivity (Wildman–Crippen MR) is 43.3 cm³/mol. The smallest absolute Gasteiger partial charge is 0.317 e. The van der Waals surface area contributed by atoms with E-state index in [1.54, 1.807) is 6.08 Å². The maximum Gasteiger partial charge on any atom is 0.317 e. The molecule has 12 heavy (non-hydrogen) atoms. The van der Waals surface area contributed by atoms with Crippen LogP contribution in [0.1, 0.15) is 32.1 Å². The first-order valence-electron chi connectivity index (χ1n) is 4.17. The van der Waals surface area contributed by atoms with Gasteiger partial charge in [0.2, 0.25) is 0 Å². The maximum absolute atomic E-state index is 10.8. The van der Waals surface area contributed by atoms with Crippen LogP contribution in [0, 0.1) is 0 Å². The highest BCUT2D eigenvalue weighted by atomic mass is 16.6. The summed E-state index contributed by atoms with van der Waals surface area (Å²) in [4.78, 5) is 21.7. The summed E-state index contributed by atoms with van der Waals surface area (Å²) in [5, 5.41) is 0. The van der Waals surface area contributed by atoms with Gasteiger partial charge in [0, 0.05) is 6.42 Å². The van der Waals surface area contributed by atoms with Crippen LogP contribution in [-0.2, 0) is 14.3 Å². The highest BCUT2D eigenvalue weighted by Crippen LogP contribution is 2.05. The van der Waals surface area contributed by atoms with Crippen LogP contribution in [0.15, 0.2) is 12.2 Å². The van der Waals surface area contributed by atoms with E-state index in [9.17, 15) is 9.59 Å². The molecule has 0 spiro atoms. The molecule has 0 saturated heterocycles. The van der Waals surface area contributed by atoms with Crippen molar-refractivity contribution in [2.45, 2.75) is 32.1 Å². The van der Waals surface area contributed by atoms with Crippen molar-refractivity contribution in [2.75, 3.05) is 0 Å². The fourth-order valence-corrected chi connectivity index (χ4v) is 1.05. The molecule has 0 atom stereocenters. The van der Waals surface area contributed by atoms with Crippen molar-refractivity contribution in [2.24, 2.45) is 0 Å². The van der Waals surface area contributed by atoms with E-state index in [2.05, 4.69) is 4.74 Å². The third-order valence-electron chi connectivity index (χ3n) is 1.68. The lowest BCUT2D eigenvalue weighted by atomic mass is 10.1. The van der Waals surface area contributed by atoms with Gasteiger partial charge in [-0.1, -0.05) is 12.2 Å². The van der Waals surface area contributed by atoms with Gasteiger partial charge >= 0.3 is 11.9 Å². The molecule has 0 aromatic carbocycles. The first-order chi connectivity index (χ1) is 5.79. The third-order valence-corrected chi connectivity index (χ3v) is 1.68. The lowest BCUT2D eigenvalue weighted by Crippen LogP contribution is -2.11. The first-order valence-corrected chi connectivity index (χ1v) is 4.17. The second-order valence-corrected chi connectivity index (χ2v) is 2.77. The molecule has 0 radical (unpaired) electrons. The second kappa shape index (κ2) is 4.70. The summed E-state index contributed by atoms with van der Waals surface area (Å²) in [5.74, 6) is -0.839. The van der Waals surface area contributed by atoms with E-state index < -0.39 is 11.9 Å². The van der Waals surface area contributed by atoms with E-state index in [-0.39, 0.29) is 6.42 Å². The number of hydrogen-bond acceptors (Lipinski definition) is 3. The molecule has 0 saturated carbocycles. The molecule has 0 bridgehead atoms. The zero-order valence-corrected chi connectivity index (χ0v) is 6.91. The first kappa shape index (κ1) is 8.97. The molecule has 3 heteroatoms. The van der Waals surface area contributed by atoms with Crippen LogP contribution in [0.25, 0.3) is 0 Å². The van der Waals surface area contributed by atoms with Crippen LogP contribution in [-0.4, -0.2) is 11.9 Å². The Morgan fingerprint density at radius 2 is 1.92 bits per heavy atom. The van der Waals surface area contributed by atoms with Crippen molar-refractivity contribution in [1.29, 1.82) is 0 Å². The van der Waals surface area contributed by atoms with Crippen LogP contribution >= 0.6 is 0 Å². The molecule has 0 aromatic rings. The molecule has 1 aliphatic rings. The van der Waals surface area contributed by atoms with Crippen LogP contribution in [0.3, 0.4) is 0 Å². The van der Waals surface area contributed by atoms with E-state index in [4.69, 9.17) is 0 Å². The molecule has 0 aromatic heterocycles. The van der Waals surface area contributed by atoms with Crippen LogP contribution in [0.4, 0.5) is 0 Å². The van der Waals surface area contributed by atoms with Gasteiger partial charge in [-0.15, -0.1) is 0 Å². The minimum Gasteiger partial charge on any atom is -0.393 e. The number of rotatable bonds is 0. The Bertz CT molecular complexity index is 206. The summed E-state index contributed by atoms with van der Waals surface area (Å²) in [5.41, 5.74) is 0. The molecule has 1 heterocycles. The van der Waals surface area contributed by atoms with E-state index in [1.807, 2.05) is 6.08 Å². The number of allylic oxidation sites excluding steroid dienone is 1. The molecule has 0 amide bonds. The van der Waals surface area contributed by atoms with Gasteiger partial charge in [-0.25, -0.2) is 0 Å². The number of carbonyl (C=O) groups is 2. The minimum atomic E-state index is -0.446. The topological polar surface area (TPSA) is 43.4 Å². The minimum absolute atomic E-state index is 0.214. The lowest BCUT2D eigenvalue weighted by molar-refractivity contribution is -0.159. The molecule has 66 valence electrons. The van der Waals surface area contributed by atoms with Crippen molar-refractivity contribution in [3.8, 4) is 0 Å². The number of esters is 2. The van der Waals surface area contributed by atoms with Gasteiger partial charge < -0.3 is 4.74 Å². The van der Waals surface area contributed by atoms with Gasteiger partial charge in [-0.05, 0) is 19.3 Å². The number of hydrogen-bond donors (Lipinski definition) is 0. The molecule has 0 unspecified atom stereocenters. The Hall–Kier alpha value is -1.12. The summed E-state index contributed by atoms with van der Waals surface area (Å²) >= 11 is 0. The standard InChI is InChI=1S/C9H12O3/c10-8-6-4-2-1-3-5-7-9(11)12-8/h2,4H,1,3,5-7H2/b4-2+. The molecule has 1 aliphatic heterocycles. The molecule has 0 aliphatic carbocycles. The Labute approximate surface area is 71.4 Å². The predicted octanol–water partition coefficient (Wildman–Crippen LogP) is 1.58. The summed E-state index contributed by atoms with van der Waals surface area (Å²) in [6, 6.07) is 0. The average molecular weight is 168 g/mol. The van der Waals surface area contributed by atoms with Crippen molar-refractivity contribution < 1.29 is 14.3 Å². The second-order valence-electron chi connectivity index (χ2n) is 2.77. The average Bonchev–Trinajstić information content (AvgIpc) is 2.02. The van der Waals surface area contributed by atoms with Gasteiger partial charge in [-0.3, -0.25) is 9.59 Å². The Balaban J connectivity index is 2.46. The quantitative estimate of drug-likeness (QED) is 0.313. The number of cyclic esters (lactones) is 2. The van der Waals surface area contributed by atoms with E-state index in [0.717, 1.165) is 19.3 Å². The third kappa shape index (κ3) is 3.32. The molecule has 0 fully saturated rings. The molecular formula is C9H12O3. The van der Waals surface area contributed by atoms with Crippen molar-refractivity contribution >= 4 is 11.9 Å². The SMILES string of the molecule is O=C1C/C=C/CCCCC(=O)O1. The summed E-state index contributed by atoms with van der Waals surface area (Å²) < 4.78 is 4.50. The van der Waals surface area contributed by atoms with E-state index >= 15 is 0 Å². The van der Waals surface area contributed by atoms with Crippen molar-refractivity contribution in [3.63, 3.8) is 0 Å². The fourth-order valence-electron chi connectivity index (χ4n) is 1.05. The molecule has 0 N–H and O–H groups in total. The van der Waals surface area contributed by atoms with Crippen molar-refractivity contribution in [1.82, 2.24) is 0 Å². The monoisotopic (exact) mass is 168 g/mol. The summed E-state index contributed by atoms with van der Waals surface area (Å²) in [6.07, 6.45) is 7.01. The van der Waals surface area contributed by atoms with E-state index in [1.165, 1.54) is 0 Å². The van der Waals surface area contributed by atoms with Gasteiger partial charge in [0.05, 0.1) is 6.42 Å². The molecule has 1 rings (SSSR count). The Kier molecular flexibility index (Phi) is 3.51. The lowest BCUT2D eigenvalue weighted by Gasteiger charge is -2.02. The van der Waals surface area contributed by atoms with Crippen LogP contribution in [0.5, 0.6) is 0 Å². The normalized spacial score (nSPS) is 23.0. The Morgan fingerprint density at radius 1 is 1.08 bits per heavy atom. The van der Waals surface area contributed by atoms with Crippen LogP contribution in [0.2, 0.25) is 0 Å². The zero-order valence-electron chi connectivity index (χ0n) is 6.91. The van der Waals surface area contributed by atoms with Crippen LogP contribution < -0.4 is 0 Å². The molecular weight excluding hydrogens is 156 g/mol. The summed E-state index contributed by atoms with van der Waals surface area (Å²) in [7, 11) is 0. The van der Waals surface area contributed by atoms with Gasteiger partial charge in [0.25, 0.3) is 0 Å². The highest BCUT2D eigenvalue weighted by molar-refractivity contribution is 5.86. The van der Waals surface area contributed by atoms with Crippen molar-refractivity contribution in [3.05, 3.63) is 12.2 Å². The molecule has 3 nitrogen and oxygen atoms in total. The van der Waals surface area contributed by atoms with Gasteiger partial charge in [-0.2, -0.15) is 0 Å². The number of carbonyl (C=O) groups excluding carboxylic acids is 2. The van der Waals surface area contributed by atoms with Gasteiger partial charge in [0.15, 0.2) is 0 Å². The highest BCUT2D eigenvalue weighted by Gasteiger charge is 2.09. The fraction of sp³-hybridized carbons (Fsp3) is 0.556. The maximum atomic E-state index is 10.8. The Morgan fingerprint density at radius 3 is 2.75 bits per heavy atom. The zero-order chi connectivity index (χ0) is 8.81. The van der Waals surface area contributed by atoms with E-state index in [0.29, 0.717) is 6.42 Å².